The Labute approximate surface area is 109 Å². The van der Waals surface area contributed by atoms with E-state index in [9.17, 15) is 9.59 Å². The third-order valence-corrected chi connectivity index (χ3v) is 4.03. The molecule has 4 heteroatoms. The minimum atomic E-state index is -0.312. The fraction of sp³-hybridized carbons (Fsp3) is 0.857. The smallest absolute Gasteiger partial charge is 0.246 e. The van der Waals surface area contributed by atoms with Gasteiger partial charge < -0.3 is 10.2 Å². The summed E-state index contributed by atoms with van der Waals surface area (Å²) in [4.78, 5) is 26.5. The molecule has 4 nitrogen and oxygen atoms in total. The van der Waals surface area contributed by atoms with Gasteiger partial charge in [-0.15, -0.1) is 0 Å². The molecular weight excluding hydrogens is 228 g/mol. The number of carbonyl (C=O) groups is 2. The first-order valence-corrected chi connectivity index (χ1v) is 7.08. The molecule has 2 rings (SSSR count). The Balaban J connectivity index is 2.16. The van der Waals surface area contributed by atoms with Crippen molar-refractivity contribution in [1.82, 2.24) is 10.2 Å². The van der Waals surface area contributed by atoms with Gasteiger partial charge in [0.1, 0.15) is 12.1 Å². The second kappa shape index (κ2) is 4.90. The zero-order chi connectivity index (χ0) is 13.4. The Kier molecular flexibility index (Phi) is 3.64. The molecule has 1 aliphatic heterocycles. The molecule has 18 heavy (non-hydrogen) atoms. The van der Waals surface area contributed by atoms with Crippen molar-refractivity contribution in [1.29, 1.82) is 0 Å². The maximum Gasteiger partial charge on any atom is 0.246 e. The van der Waals surface area contributed by atoms with Crippen molar-refractivity contribution in [3.05, 3.63) is 0 Å². The fourth-order valence-electron chi connectivity index (χ4n) is 2.89. The SMILES string of the molecule is CCC1C(=O)NC(CC(C)C)C(=O)N1C1CC1C. The van der Waals surface area contributed by atoms with Crippen molar-refractivity contribution in [2.45, 2.75) is 65.1 Å². The molecule has 1 aliphatic carbocycles. The van der Waals surface area contributed by atoms with E-state index in [2.05, 4.69) is 26.1 Å². The predicted octanol–water partition coefficient (Wildman–Crippen LogP) is 1.55. The molecule has 4 unspecified atom stereocenters. The van der Waals surface area contributed by atoms with Gasteiger partial charge in [-0.1, -0.05) is 27.7 Å². The highest BCUT2D eigenvalue weighted by molar-refractivity contribution is 5.97. The molecule has 0 bridgehead atoms. The number of rotatable bonds is 4. The minimum absolute atomic E-state index is 0.0295. The van der Waals surface area contributed by atoms with Crippen LogP contribution in [0.3, 0.4) is 0 Å². The Hall–Kier alpha value is -1.06. The number of hydrogen-bond acceptors (Lipinski definition) is 2. The van der Waals surface area contributed by atoms with Gasteiger partial charge in [-0.2, -0.15) is 0 Å². The van der Waals surface area contributed by atoms with E-state index in [0.29, 0.717) is 24.3 Å². The van der Waals surface area contributed by atoms with Gasteiger partial charge >= 0.3 is 0 Å². The molecule has 102 valence electrons. The summed E-state index contributed by atoms with van der Waals surface area (Å²) in [6, 6.07) is -0.271. The van der Waals surface area contributed by atoms with Gasteiger partial charge in [0.25, 0.3) is 0 Å². The third kappa shape index (κ3) is 2.38. The van der Waals surface area contributed by atoms with E-state index in [0.717, 1.165) is 12.8 Å². The van der Waals surface area contributed by atoms with Crippen molar-refractivity contribution in [3.8, 4) is 0 Å². The highest BCUT2D eigenvalue weighted by atomic mass is 16.2. The summed E-state index contributed by atoms with van der Waals surface area (Å²) in [6.45, 7) is 8.28. The molecule has 0 spiro atoms. The summed E-state index contributed by atoms with van der Waals surface area (Å²) in [6.07, 6.45) is 2.48. The first kappa shape index (κ1) is 13.4. The van der Waals surface area contributed by atoms with Crippen molar-refractivity contribution >= 4 is 11.8 Å². The molecule has 0 aromatic carbocycles. The zero-order valence-corrected chi connectivity index (χ0v) is 11.8. The van der Waals surface area contributed by atoms with E-state index in [1.54, 1.807) is 0 Å². The van der Waals surface area contributed by atoms with E-state index >= 15 is 0 Å². The van der Waals surface area contributed by atoms with Crippen LogP contribution in [0.5, 0.6) is 0 Å². The molecule has 2 amide bonds. The Bertz CT molecular complexity index is 354. The van der Waals surface area contributed by atoms with E-state index in [-0.39, 0.29) is 23.9 Å². The average molecular weight is 252 g/mol. The lowest BCUT2D eigenvalue weighted by Crippen LogP contribution is -2.64. The topological polar surface area (TPSA) is 49.4 Å². The standard InChI is InChI=1S/C14H24N2O2/c1-5-11-13(17)15-10(6-8(2)3)14(18)16(11)12-7-9(12)4/h8-12H,5-7H2,1-4H3,(H,15,17). The second-order valence-electron chi connectivity index (χ2n) is 6.14. The Morgan fingerprint density at radius 2 is 2.00 bits per heavy atom. The van der Waals surface area contributed by atoms with Crippen molar-refractivity contribution in [2.75, 3.05) is 0 Å². The van der Waals surface area contributed by atoms with Crippen LogP contribution in [-0.2, 0) is 9.59 Å². The van der Waals surface area contributed by atoms with Crippen molar-refractivity contribution in [2.24, 2.45) is 11.8 Å². The van der Waals surface area contributed by atoms with Crippen LogP contribution >= 0.6 is 0 Å². The van der Waals surface area contributed by atoms with E-state index in [1.807, 2.05) is 11.8 Å². The van der Waals surface area contributed by atoms with Gasteiger partial charge in [0.05, 0.1) is 0 Å². The quantitative estimate of drug-likeness (QED) is 0.825. The van der Waals surface area contributed by atoms with Crippen LogP contribution in [0.25, 0.3) is 0 Å². The molecule has 1 N–H and O–H groups in total. The van der Waals surface area contributed by atoms with E-state index in [4.69, 9.17) is 0 Å². The molecular formula is C14H24N2O2. The monoisotopic (exact) mass is 252 g/mol. The lowest BCUT2D eigenvalue weighted by atomic mass is 9.97. The van der Waals surface area contributed by atoms with E-state index in [1.165, 1.54) is 0 Å². The zero-order valence-electron chi connectivity index (χ0n) is 11.8. The number of carbonyl (C=O) groups excluding carboxylic acids is 2. The first-order valence-electron chi connectivity index (χ1n) is 7.08. The van der Waals surface area contributed by atoms with Crippen molar-refractivity contribution < 1.29 is 9.59 Å². The normalized spacial score (nSPS) is 35.9. The van der Waals surface area contributed by atoms with Gasteiger partial charge in [-0.3, -0.25) is 9.59 Å². The van der Waals surface area contributed by atoms with Crippen LogP contribution in [0, 0.1) is 11.8 Å². The first-order chi connectivity index (χ1) is 8.45. The number of amides is 2. The van der Waals surface area contributed by atoms with Crippen LogP contribution < -0.4 is 5.32 Å². The summed E-state index contributed by atoms with van der Waals surface area (Å²) in [5.41, 5.74) is 0. The van der Waals surface area contributed by atoms with Gasteiger partial charge in [0.2, 0.25) is 11.8 Å². The number of nitrogens with one attached hydrogen (secondary N) is 1. The van der Waals surface area contributed by atoms with Gasteiger partial charge in [-0.05, 0) is 31.1 Å². The Morgan fingerprint density at radius 1 is 1.39 bits per heavy atom. The van der Waals surface area contributed by atoms with E-state index < -0.39 is 0 Å². The molecule has 1 saturated carbocycles. The van der Waals surface area contributed by atoms with Crippen LogP contribution in [-0.4, -0.2) is 34.8 Å². The second-order valence-corrected chi connectivity index (χ2v) is 6.14. The van der Waals surface area contributed by atoms with Crippen LogP contribution in [0.15, 0.2) is 0 Å². The molecule has 0 aromatic rings. The lowest BCUT2D eigenvalue weighted by molar-refractivity contribution is -0.150. The summed E-state index contributed by atoms with van der Waals surface area (Å²) in [7, 11) is 0. The fourth-order valence-corrected chi connectivity index (χ4v) is 2.89. The largest absolute Gasteiger partial charge is 0.342 e. The summed E-state index contributed by atoms with van der Waals surface area (Å²) in [5, 5.41) is 2.90. The molecule has 0 aromatic heterocycles. The lowest BCUT2D eigenvalue weighted by Gasteiger charge is -2.39. The van der Waals surface area contributed by atoms with Crippen LogP contribution in [0.2, 0.25) is 0 Å². The maximum atomic E-state index is 12.5. The highest BCUT2D eigenvalue weighted by Gasteiger charge is 2.49. The molecule has 4 atom stereocenters. The average Bonchev–Trinajstić information content (AvgIpc) is 2.98. The summed E-state index contributed by atoms with van der Waals surface area (Å²) in [5.74, 6) is 1.12. The third-order valence-electron chi connectivity index (χ3n) is 4.03. The van der Waals surface area contributed by atoms with Crippen LogP contribution in [0.1, 0.15) is 47.0 Å². The minimum Gasteiger partial charge on any atom is -0.342 e. The molecule has 1 heterocycles. The number of hydrogen-bond donors (Lipinski definition) is 1. The van der Waals surface area contributed by atoms with Crippen LogP contribution in [0.4, 0.5) is 0 Å². The predicted molar refractivity (Wildman–Crippen MR) is 69.9 cm³/mol. The van der Waals surface area contributed by atoms with Gasteiger partial charge in [0, 0.05) is 6.04 Å². The molecule has 2 fully saturated rings. The number of nitrogens with zero attached hydrogens (tertiary/aromatic N) is 1. The molecule has 0 radical (unpaired) electrons. The summed E-state index contributed by atoms with van der Waals surface area (Å²) < 4.78 is 0. The van der Waals surface area contributed by atoms with Crippen molar-refractivity contribution in [3.63, 3.8) is 0 Å². The molecule has 2 aliphatic rings. The highest BCUT2D eigenvalue weighted by Crippen LogP contribution is 2.38. The number of piperazine rings is 1. The molecule has 1 saturated heterocycles. The maximum absolute atomic E-state index is 12.5. The summed E-state index contributed by atoms with van der Waals surface area (Å²) >= 11 is 0. The van der Waals surface area contributed by atoms with Gasteiger partial charge in [0.15, 0.2) is 0 Å². The Morgan fingerprint density at radius 3 is 2.44 bits per heavy atom. The van der Waals surface area contributed by atoms with Gasteiger partial charge in [-0.25, -0.2) is 0 Å².